The van der Waals surface area contributed by atoms with Crippen molar-refractivity contribution in [3.63, 3.8) is 0 Å². The molecular formula is C18H28N2OS. The van der Waals surface area contributed by atoms with Gasteiger partial charge in [0.1, 0.15) is 0 Å². The summed E-state index contributed by atoms with van der Waals surface area (Å²) in [5, 5.41) is 14.2. The summed E-state index contributed by atoms with van der Waals surface area (Å²) in [6.45, 7) is 5.28. The first-order chi connectivity index (χ1) is 10.7. The highest BCUT2D eigenvalue weighted by atomic mass is 32.2. The molecule has 0 bridgehead atoms. The van der Waals surface area contributed by atoms with Crippen molar-refractivity contribution in [2.24, 2.45) is 0 Å². The fourth-order valence-corrected chi connectivity index (χ4v) is 4.76. The predicted molar refractivity (Wildman–Crippen MR) is 94.3 cm³/mol. The fourth-order valence-electron chi connectivity index (χ4n) is 3.51. The van der Waals surface area contributed by atoms with Gasteiger partial charge in [-0.1, -0.05) is 30.3 Å². The van der Waals surface area contributed by atoms with E-state index in [4.69, 9.17) is 0 Å². The van der Waals surface area contributed by atoms with E-state index in [1.54, 1.807) is 0 Å². The molecular weight excluding hydrogens is 292 g/mol. The van der Waals surface area contributed by atoms with Crippen LogP contribution in [0, 0.1) is 0 Å². The lowest BCUT2D eigenvalue weighted by molar-refractivity contribution is 0.0297. The van der Waals surface area contributed by atoms with Crippen LogP contribution in [0.25, 0.3) is 0 Å². The average Bonchev–Trinajstić information content (AvgIpc) is 3.03. The lowest BCUT2D eigenvalue weighted by atomic mass is 9.96. The molecule has 2 heterocycles. The third kappa shape index (κ3) is 4.05. The molecule has 0 aliphatic carbocycles. The van der Waals surface area contributed by atoms with Crippen LogP contribution in [0.4, 0.5) is 0 Å². The Morgan fingerprint density at radius 3 is 2.77 bits per heavy atom. The van der Waals surface area contributed by atoms with Crippen molar-refractivity contribution in [1.29, 1.82) is 0 Å². The largest absolute Gasteiger partial charge is 0.389 e. The van der Waals surface area contributed by atoms with Crippen LogP contribution in [0.3, 0.4) is 0 Å². The first-order valence-electron chi connectivity index (χ1n) is 8.49. The summed E-state index contributed by atoms with van der Waals surface area (Å²) in [7, 11) is 0. The molecule has 0 radical (unpaired) electrons. The molecule has 0 aromatic heterocycles. The van der Waals surface area contributed by atoms with E-state index in [0.29, 0.717) is 12.1 Å². The lowest BCUT2D eigenvalue weighted by Gasteiger charge is -2.33. The van der Waals surface area contributed by atoms with Crippen LogP contribution in [0.5, 0.6) is 0 Å². The van der Waals surface area contributed by atoms with Gasteiger partial charge in [0.2, 0.25) is 0 Å². The summed E-state index contributed by atoms with van der Waals surface area (Å²) in [6.07, 6.45) is 3.05. The van der Waals surface area contributed by atoms with Gasteiger partial charge < -0.3 is 10.4 Å². The zero-order valence-electron chi connectivity index (χ0n) is 13.5. The molecule has 3 nitrogen and oxygen atoms in total. The molecule has 22 heavy (non-hydrogen) atoms. The summed E-state index contributed by atoms with van der Waals surface area (Å²) in [4.78, 5) is 2.55. The van der Waals surface area contributed by atoms with Crippen LogP contribution in [-0.4, -0.2) is 52.8 Å². The highest BCUT2D eigenvalue weighted by Crippen LogP contribution is 2.28. The Hall–Kier alpha value is -0.550. The van der Waals surface area contributed by atoms with Gasteiger partial charge in [0.15, 0.2) is 0 Å². The average molecular weight is 321 g/mol. The topological polar surface area (TPSA) is 35.5 Å². The maximum Gasteiger partial charge on any atom is 0.0787 e. The molecule has 1 aromatic rings. The monoisotopic (exact) mass is 320 g/mol. The number of rotatable bonds is 5. The third-order valence-corrected chi connectivity index (χ3v) is 6.18. The van der Waals surface area contributed by atoms with Crippen molar-refractivity contribution in [2.45, 2.75) is 43.9 Å². The van der Waals surface area contributed by atoms with Gasteiger partial charge in [0, 0.05) is 31.7 Å². The zero-order chi connectivity index (χ0) is 15.4. The SMILES string of the molecule is CC(c1ccccc1)N1CCC(NCC2(O)CCSCC2)C1. The lowest BCUT2D eigenvalue weighted by Crippen LogP contribution is -2.47. The van der Waals surface area contributed by atoms with Crippen molar-refractivity contribution in [3.8, 4) is 0 Å². The number of hydrogen-bond acceptors (Lipinski definition) is 4. The van der Waals surface area contributed by atoms with Crippen molar-refractivity contribution in [3.05, 3.63) is 35.9 Å². The Balaban J connectivity index is 1.48. The fraction of sp³-hybridized carbons (Fsp3) is 0.667. The van der Waals surface area contributed by atoms with E-state index in [2.05, 4.69) is 47.5 Å². The molecule has 2 aliphatic rings. The first-order valence-corrected chi connectivity index (χ1v) is 9.64. The van der Waals surface area contributed by atoms with Crippen molar-refractivity contribution in [2.75, 3.05) is 31.1 Å². The maximum atomic E-state index is 10.6. The maximum absolute atomic E-state index is 10.6. The molecule has 0 saturated carbocycles. The molecule has 2 N–H and O–H groups in total. The number of hydrogen-bond donors (Lipinski definition) is 2. The second kappa shape index (κ2) is 7.35. The molecule has 2 unspecified atom stereocenters. The Bertz CT molecular complexity index is 461. The molecule has 2 saturated heterocycles. The van der Waals surface area contributed by atoms with E-state index in [1.165, 1.54) is 12.0 Å². The smallest absolute Gasteiger partial charge is 0.0787 e. The van der Waals surface area contributed by atoms with Crippen LogP contribution in [-0.2, 0) is 0 Å². The van der Waals surface area contributed by atoms with Crippen molar-refractivity contribution >= 4 is 11.8 Å². The molecule has 2 fully saturated rings. The van der Waals surface area contributed by atoms with Gasteiger partial charge in [0.05, 0.1) is 5.60 Å². The quantitative estimate of drug-likeness (QED) is 0.874. The number of nitrogens with zero attached hydrogens (tertiary/aromatic N) is 1. The Labute approximate surface area is 138 Å². The Morgan fingerprint density at radius 1 is 1.32 bits per heavy atom. The van der Waals surface area contributed by atoms with Crippen LogP contribution >= 0.6 is 11.8 Å². The van der Waals surface area contributed by atoms with Gasteiger partial charge in [0.25, 0.3) is 0 Å². The van der Waals surface area contributed by atoms with Gasteiger partial charge in [-0.3, -0.25) is 4.90 Å². The van der Waals surface area contributed by atoms with Crippen LogP contribution in [0.2, 0.25) is 0 Å². The van der Waals surface area contributed by atoms with Gasteiger partial charge in [-0.2, -0.15) is 11.8 Å². The molecule has 0 spiro atoms. The number of thioether (sulfide) groups is 1. The standard InChI is InChI=1S/C18H28N2OS/c1-15(16-5-3-2-4-6-16)20-10-7-17(13-20)19-14-18(21)8-11-22-12-9-18/h2-6,15,17,19,21H,7-14H2,1H3. The van der Waals surface area contributed by atoms with E-state index < -0.39 is 5.60 Å². The first kappa shape index (κ1) is 16.3. The molecule has 4 heteroatoms. The summed E-state index contributed by atoms with van der Waals surface area (Å²) in [5.41, 5.74) is 0.926. The zero-order valence-corrected chi connectivity index (χ0v) is 14.3. The van der Waals surface area contributed by atoms with E-state index >= 15 is 0 Å². The minimum absolute atomic E-state index is 0.469. The van der Waals surface area contributed by atoms with Gasteiger partial charge in [-0.05, 0) is 43.3 Å². The third-order valence-electron chi connectivity index (χ3n) is 5.19. The number of aliphatic hydroxyl groups is 1. The molecule has 0 amide bonds. The van der Waals surface area contributed by atoms with Crippen molar-refractivity contribution in [1.82, 2.24) is 10.2 Å². The second-order valence-corrected chi connectivity index (χ2v) is 8.01. The van der Waals surface area contributed by atoms with Gasteiger partial charge in [-0.25, -0.2) is 0 Å². The Kier molecular flexibility index (Phi) is 5.45. The van der Waals surface area contributed by atoms with Crippen LogP contribution in [0.1, 0.15) is 37.8 Å². The van der Waals surface area contributed by atoms with Gasteiger partial charge in [-0.15, -0.1) is 0 Å². The highest BCUT2D eigenvalue weighted by molar-refractivity contribution is 7.99. The van der Waals surface area contributed by atoms with E-state index in [1.807, 2.05) is 11.8 Å². The highest BCUT2D eigenvalue weighted by Gasteiger charge is 2.32. The number of likely N-dealkylation sites (tertiary alicyclic amines) is 1. The molecule has 2 aliphatic heterocycles. The predicted octanol–water partition coefficient (Wildman–Crippen LogP) is 2.67. The molecule has 3 rings (SSSR count). The molecule has 122 valence electrons. The van der Waals surface area contributed by atoms with E-state index in [-0.39, 0.29) is 0 Å². The van der Waals surface area contributed by atoms with Crippen LogP contribution in [0.15, 0.2) is 30.3 Å². The Morgan fingerprint density at radius 2 is 2.05 bits per heavy atom. The number of nitrogens with one attached hydrogen (secondary N) is 1. The molecule has 1 aromatic carbocycles. The minimum atomic E-state index is -0.469. The minimum Gasteiger partial charge on any atom is -0.389 e. The molecule has 2 atom stereocenters. The summed E-state index contributed by atoms with van der Waals surface area (Å²) >= 11 is 1.96. The van der Waals surface area contributed by atoms with Crippen molar-refractivity contribution < 1.29 is 5.11 Å². The summed E-state index contributed by atoms with van der Waals surface area (Å²) in [6, 6.07) is 11.7. The number of benzene rings is 1. The summed E-state index contributed by atoms with van der Waals surface area (Å²) in [5.74, 6) is 2.19. The second-order valence-electron chi connectivity index (χ2n) is 6.78. The van der Waals surface area contributed by atoms with Gasteiger partial charge >= 0.3 is 0 Å². The van der Waals surface area contributed by atoms with E-state index in [9.17, 15) is 5.11 Å². The normalized spacial score (nSPS) is 26.9. The van der Waals surface area contributed by atoms with E-state index in [0.717, 1.165) is 44.0 Å². The summed E-state index contributed by atoms with van der Waals surface area (Å²) < 4.78 is 0. The van der Waals surface area contributed by atoms with Crippen LogP contribution < -0.4 is 5.32 Å².